The van der Waals surface area contributed by atoms with Crippen LogP contribution in [0.1, 0.15) is 0 Å². The van der Waals surface area contributed by atoms with Crippen LogP contribution in [0.15, 0.2) is 41.0 Å². The molecule has 0 atom stereocenters. The Morgan fingerprint density at radius 2 is 2.00 bits per heavy atom. The van der Waals surface area contributed by atoms with Crippen LogP contribution < -0.4 is 0 Å². The van der Waals surface area contributed by atoms with Crippen molar-refractivity contribution >= 4 is 33.3 Å². The standard InChI is InChI=1S/C14H11FN2OS2/c15-10-3-1-9(2-4-10)11-7-20-14-12(11)13(16-8-17-14)19-6-5-18/h1-4,7-8,18H,5-6H2. The van der Waals surface area contributed by atoms with Gasteiger partial charge in [-0.1, -0.05) is 12.1 Å². The number of nitrogens with zero attached hydrogens (tertiary/aromatic N) is 2. The van der Waals surface area contributed by atoms with Crippen LogP contribution in [-0.4, -0.2) is 27.4 Å². The van der Waals surface area contributed by atoms with Crippen LogP contribution in [0.3, 0.4) is 0 Å². The summed E-state index contributed by atoms with van der Waals surface area (Å²) in [6.07, 6.45) is 1.53. The van der Waals surface area contributed by atoms with Crippen molar-refractivity contribution in [1.82, 2.24) is 9.97 Å². The number of fused-ring (bicyclic) bond motifs is 1. The van der Waals surface area contributed by atoms with E-state index in [0.29, 0.717) is 5.75 Å². The number of aromatic nitrogens is 2. The highest BCUT2D eigenvalue weighted by Gasteiger charge is 2.13. The SMILES string of the molecule is OCCSc1ncnc2scc(-c3ccc(F)cc3)c12. The molecule has 0 amide bonds. The molecule has 20 heavy (non-hydrogen) atoms. The van der Waals surface area contributed by atoms with Crippen molar-refractivity contribution < 1.29 is 9.50 Å². The fraction of sp³-hybridized carbons (Fsp3) is 0.143. The lowest BCUT2D eigenvalue weighted by Crippen LogP contribution is -1.90. The molecule has 0 spiro atoms. The molecule has 1 N–H and O–H groups in total. The Morgan fingerprint density at radius 1 is 1.20 bits per heavy atom. The topological polar surface area (TPSA) is 46.0 Å². The van der Waals surface area contributed by atoms with Crippen LogP contribution >= 0.6 is 23.1 Å². The molecule has 0 aliphatic heterocycles. The van der Waals surface area contributed by atoms with Crippen molar-refractivity contribution in [3.63, 3.8) is 0 Å². The quantitative estimate of drug-likeness (QED) is 0.591. The summed E-state index contributed by atoms with van der Waals surface area (Å²) in [7, 11) is 0. The number of hydrogen-bond donors (Lipinski definition) is 1. The van der Waals surface area contributed by atoms with Gasteiger partial charge in [-0.25, -0.2) is 14.4 Å². The van der Waals surface area contributed by atoms with Crippen molar-refractivity contribution in [2.24, 2.45) is 0 Å². The average Bonchev–Trinajstić information content (AvgIpc) is 2.90. The highest BCUT2D eigenvalue weighted by atomic mass is 32.2. The zero-order valence-corrected chi connectivity index (χ0v) is 12.0. The van der Waals surface area contributed by atoms with Crippen LogP contribution in [0.5, 0.6) is 0 Å². The molecule has 0 aliphatic carbocycles. The van der Waals surface area contributed by atoms with E-state index in [1.807, 2.05) is 5.38 Å². The van der Waals surface area contributed by atoms with Gasteiger partial charge in [0.15, 0.2) is 0 Å². The lowest BCUT2D eigenvalue weighted by Gasteiger charge is -2.04. The average molecular weight is 306 g/mol. The third kappa shape index (κ3) is 2.54. The van der Waals surface area contributed by atoms with Gasteiger partial charge in [0.1, 0.15) is 22.0 Å². The number of benzene rings is 1. The van der Waals surface area contributed by atoms with Crippen LogP contribution in [0.4, 0.5) is 4.39 Å². The predicted octanol–water partition coefficient (Wildman–Crippen LogP) is 3.58. The highest BCUT2D eigenvalue weighted by Crippen LogP contribution is 2.37. The summed E-state index contributed by atoms with van der Waals surface area (Å²) in [5.41, 5.74) is 1.95. The van der Waals surface area contributed by atoms with Crippen LogP contribution in [0, 0.1) is 5.82 Å². The maximum Gasteiger partial charge on any atom is 0.128 e. The van der Waals surface area contributed by atoms with E-state index in [9.17, 15) is 4.39 Å². The number of aliphatic hydroxyl groups excluding tert-OH is 1. The molecule has 102 valence electrons. The number of rotatable bonds is 4. The summed E-state index contributed by atoms with van der Waals surface area (Å²) in [6.45, 7) is 0.103. The molecule has 3 aromatic rings. The van der Waals surface area contributed by atoms with Crippen LogP contribution in [0.25, 0.3) is 21.3 Å². The number of aliphatic hydroxyl groups is 1. The molecule has 0 saturated heterocycles. The summed E-state index contributed by atoms with van der Waals surface area (Å²) < 4.78 is 13.0. The van der Waals surface area contributed by atoms with E-state index in [0.717, 1.165) is 26.4 Å². The Hall–Kier alpha value is -1.50. The Kier molecular flexibility index (Phi) is 3.95. The molecule has 3 rings (SSSR count). The van der Waals surface area contributed by atoms with E-state index < -0.39 is 0 Å². The van der Waals surface area contributed by atoms with E-state index in [4.69, 9.17) is 5.11 Å². The maximum atomic E-state index is 13.0. The molecule has 0 unspecified atom stereocenters. The number of hydrogen-bond acceptors (Lipinski definition) is 5. The summed E-state index contributed by atoms with van der Waals surface area (Å²) >= 11 is 3.04. The van der Waals surface area contributed by atoms with Gasteiger partial charge < -0.3 is 5.11 Å². The second-order valence-corrected chi connectivity index (χ2v) is 6.03. The van der Waals surface area contributed by atoms with Crippen molar-refractivity contribution in [3.8, 4) is 11.1 Å². The molecular weight excluding hydrogens is 295 g/mol. The summed E-state index contributed by atoms with van der Waals surface area (Å²) in [5, 5.41) is 12.8. The van der Waals surface area contributed by atoms with Gasteiger partial charge in [-0.05, 0) is 17.7 Å². The van der Waals surface area contributed by atoms with E-state index >= 15 is 0 Å². The predicted molar refractivity (Wildman–Crippen MR) is 80.6 cm³/mol. The van der Waals surface area contributed by atoms with Gasteiger partial charge >= 0.3 is 0 Å². The zero-order valence-electron chi connectivity index (χ0n) is 10.4. The fourth-order valence-corrected chi connectivity index (χ4v) is 3.68. The second kappa shape index (κ2) is 5.87. The number of halogens is 1. The molecule has 0 saturated carbocycles. The molecule has 0 bridgehead atoms. The lowest BCUT2D eigenvalue weighted by molar-refractivity contribution is 0.322. The Bertz CT molecular complexity index is 728. The van der Waals surface area contributed by atoms with Crippen LogP contribution in [0.2, 0.25) is 0 Å². The van der Waals surface area contributed by atoms with Crippen molar-refractivity contribution in [3.05, 3.63) is 41.8 Å². The molecule has 3 nitrogen and oxygen atoms in total. The van der Waals surface area contributed by atoms with Gasteiger partial charge in [-0.15, -0.1) is 23.1 Å². The van der Waals surface area contributed by atoms with Gasteiger partial charge in [0.05, 0.1) is 12.0 Å². The minimum atomic E-state index is -0.251. The fourth-order valence-electron chi connectivity index (χ4n) is 1.94. The first-order chi connectivity index (χ1) is 9.79. The molecule has 6 heteroatoms. The van der Waals surface area contributed by atoms with E-state index in [-0.39, 0.29) is 12.4 Å². The second-order valence-electron chi connectivity index (χ2n) is 4.09. The van der Waals surface area contributed by atoms with Crippen molar-refractivity contribution in [1.29, 1.82) is 0 Å². The summed E-state index contributed by atoms with van der Waals surface area (Å²) in [4.78, 5) is 9.47. The third-order valence-electron chi connectivity index (χ3n) is 2.82. The molecule has 0 fully saturated rings. The number of thiophene rings is 1. The maximum absolute atomic E-state index is 13.0. The first kappa shape index (κ1) is 13.5. The lowest BCUT2D eigenvalue weighted by atomic mass is 10.1. The molecule has 1 aromatic carbocycles. The van der Waals surface area contributed by atoms with E-state index in [2.05, 4.69) is 9.97 Å². The van der Waals surface area contributed by atoms with E-state index in [1.54, 1.807) is 12.1 Å². The molecule has 2 heterocycles. The van der Waals surface area contributed by atoms with Crippen LogP contribution in [-0.2, 0) is 0 Å². The Balaban J connectivity index is 2.13. The van der Waals surface area contributed by atoms with Crippen molar-refractivity contribution in [2.45, 2.75) is 5.03 Å². The summed E-state index contributed by atoms with van der Waals surface area (Å²) in [6, 6.07) is 6.40. The van der Waals surface area contributed by atoms with Crippen molar-refractivity contribution in [2.75, 3.05) is 12.4 Å². The Morgan fingerprint density at radius 3 is 2.75 bits per heavy atom. The normalized spacial score (nSPS) is 11.1. The van der Waals surface area contributed by atoms with E-state index in [1.165, 1.54) is 41.6 Å². The van der Waals surface area contributed by atoms with Gasteiger partial charge in [0.2, 0.25) is 0 Å². The molecule has 0 radical (unpaired) electrons. The van der Waals surface area contributed by atoms with Gasteiger partial charge in [0, 0.05) is 16.7 Å². The minimum Gasteiger partial charge on any atom is -0.396 e. The molecule has 0 aliphatic rings. The molecular formula is C14H11FN2OS2. The molecule has 2 aromatic heterocycles. The number of thioether (sulfide) groups is 1. The Labute approximate surface area is 123 Å². The van der Waals surface area contributed by atoms with Gasteiger partial charge in [0.25, 0.3) is 0 Å². The third-order valence-corrected chi connectivity index (χ3v) is 4.68. The monoisotopic (exact) mass is 306 g/mol. The highest BCUT2D eigenvalue weighted by molar-refractivity contribution is 7.99. The minimum absolute atomic E-state index is 0.103. The first-order valence-electron chi connectivity index (χ1n) is 6.01. The smallest absolute Gasteiger partial charge is 0.128 e. The largest absolute Gasteiger partial charge is 0.396 e. The van der Waals surface area contributed by atoms with Gasteiger partial charge in [-0.3, -0.25) is 0 Å². The summed E-state index contributed by atoms with van der Waals surface area (Å²) in [5.74, 6) is 0.338. The first-order valence-corrected chi connectivity index (χ1v) is 7.88. The van der Waals surface area contributed by atoms with Gasteiger partial charge in [-0.2, -0.15) is 0 Å². The zero-order chi connectivity index (χ0) is 13.9.